The minimum atomic E-state index is 0.197. The van der Waals surface area contributed by atoms with Crippen molar-refractivity contribution in [3.05, 3.63) is 0 Å². The first-order valence-corrected chi connectivity index (χ1v) is 4.56. The molecule has 3 nitrogen and oxygen atoms in total. The summed E-state index contributed by atoms with van der Waals surface area (Å²) in [7, 11) is 2.08. The van der Waals surface area contributed by atoms with Gasteiger partial charge in [0.15, 0.2) is 0 Å². The molecule has 3 heteroatoms. The van der Waals surface area contributed by atoms with E-state index in [1.54, 1.807) is 0 Å². The van der Waals surface area contributed by atoms with Crippen LogP contribution in [0.2, 0.25) is 0 Å². The van der Waals surface area contributed by atoms with Crippen molar-refractivity contribution < 1.29 is 4.79 Å². The molecule has 70 valence electrons. The fraction of sp³-hybridized carbons (Fsp3) is 0.889. The van der Waals surface area contributed by atoms with Crippen molar-refractivity contribution in [1.82, 2.24) is 10.2 Å². The lowest BCUT2D eigenvalue weighted by molar-refractivity contribution is -0.123. The van der Waals surface area contributed by atoms with E-state index in [9.17, 15) is 4.79 Å². The molecule has 1 saturated heterocycles. The summed E-state index contributed by atoms with van der Waals surface area (Å²) in [6.45, 7) is 6.13. The number of nitrogens with zero attached hydrogens (tertiary/aromatic N) is 1. The second-order valence-electron chi connectivity index (χ2n) is 4.01. The van der Waals surface area contributed by atoms with Crippen LogP contribution in [-0.2, 0) is 4.79 Å². The van der Waals surface area contributed by atoms with Crippen molar-refractivity contribution >= 4 is 5.91 Å². The summed E-state index contributed by atoms with van der Waals surface area (Å²) in [5.41, 5.74) is 0. The summed E-state index contributed by atoms with van der Waals surface area (Å²) < 4.78 is 0. The maximum Gasteiger partial charge on any atom is 0.220 e. The standard InChI is InChI=1S/C9H18N2O/c1-7(2)10-9(12)4-8-5-11(3)6-8/h7-8H,4-6H2,1-3H3,(H,10,12). The van der Waals surface area contributed by atoms with Crippen LogP contribution < -0.4 is 5.32 Å². The second-order valence-corrected chi connectivity index (χ2v) is 4.01. The van der Waals surface area contributed by atoms with E-state index in [1.807, 2.05) is 13.8 Å². The Labute approximate surface area is 74.1 Å². The van der Waals surface area contributed by atoms with Gasteiger partial charge in [-0.2, -0.15) is 0 Å². The van der Waals surface area contributed by atoms with Gasteiger partial charge in [-0.25, -0.2) is 0 Å². The van der Waals surface area contributed by atoms with E-state index in [2.05, 4.69) is 17.3 Å². The average Bonchev–Trinajstić information content (AvgIpc) is 1.82. The molecule has 1 N–H and O–H groups in total. The van der Waals surface area contributed by atoms with Crippen molar-refractivity contribution in [2.45, 2.75) is 26.3 Å². The fourth-order valence-corrected chi connectivity index (χ4v) is 1.60. The van der Waals surface area contributed by atoms with Crippen LogP contribution in [0, 0.1) is 5.92 Å². The van der Waals surface area contributed by atoms with Crippen LogP contribution in [0.5, 0.6) is 0 Å². The van der Waals surface area contributed by atoms with Gasteiger partial charge >= 0.3 is 0 Å². The molecule has 0 spiro atoms. The maximum absolute atomic E-state index is 11.2. The normalized spacial score (nSPS) is 19.3. The average molecular weight is 170 g/mol. The number of carbonyl (C=O) groups excluding carboxylic acids is 1. The molecule has 0 atom stereocenters. The third kappa shape index (κ3) is 2.81. The molecule has 0 unspecified atom stereocenters. The smallest absolute Gasteiger partial charge is 0.220 e. The van der Waals surface area contributed by atoms with E-state index in [0.29, 0.717) is 12.3 Å². The molecular weight excluding hydrogens is 152 g/mol. The molecule has 0 aromatic heterocycles. The maximum atomic E-state index is 11.2. The van der Waals surface area contributed by atoms with Gasteiger partial charge in [-0.3, -0.25) is 4.79 Å². The monoisotopic (exact) mass is 170 g/mol. The SMILES string of the molecule is CC(C)NC(=O)CC1CN(C)C1. The Morgan fingerprint density at radius 2 is 2.17 bits per heavy atom. The zero-order valence-electron chi connectivity index (χ0n) is 8.13. The second kappa shape index (κ2) is 3.90. The molecule has 0 saturated carbocycles. The van der Waals surface area contributed by atoms with Gasteiger partial charge in [0.05, 0.1) is 0 Å². The Bertz CT molecular complexity index is 162. The van der Waals surface area contributed by atoms with Gasteiger partial charge in [-0.15, -0.1) is 0 Å². The van der Waals surface area contributed by atoms with Crippen LogP contribution in [0.15, 0.2) is 0 Å². The quantitative estimate of drug-likeness (QED) is 0.667. The van der Waals surface area contributed by atoms with Gasteiger partial charge < -0.3 is 10.2 Å². The highest BCUT2D eigenvalue weighted by atomic mass is 16.1. The predicted molar refractivity (Wildman–Crippen MR) is 48.9 cm³/mol. The van der Waals surface area contributed by atoms with Gasteiger partial charge in [-0.05, 0) is 26.8 Å². The lowest BCUT2D eigenvalue weighted by atomic mass is 9.97. The van der Waals surface area contributed by atoms with Gasteiger partial charge in [0.2, 0.25) is 5.91 Å². The summed E-state index contributed by atoms with van der Waals surface area (Å²) in [5, 5.41) is 2.90. The van der Waals surface area contributed by atoms with Crippen molar-refractivity contribution in [3.63, 3.8) is 0 Å². The first-order chi connectivity index (χ1) is 5.58. The Morgan fingerprint density at radius 1 is 1.58 bits per heavy atom. The fourth-order valence-electron chi connectivity index (χ4n) is 1.60. The lowest BCUT2D eigenvalue weighted by Gasteiger charge is -2.35. The Hall–Kier alpha value is -0.570. The third-order valence-corrected chi connectivity index (χ3v) is 2.06. The Balaban J connectivity index is 2.11. The number of likely N-dealkylation sites (tertiary alicyclic amines) is 1. The number of amides is 1. The highest BCUT2D eigenvalue weighted by molar-refractivity contribution is 5.76. The van der Waals surface area contributed by atoms with E-state index >= 15 is 0 Å². The summed E-state index contributed by atoms with van der Waals surface area (Å²) in [5.74, 6) is 0.789. The minimum Gasteiger partial charge on any atom is -0.354 e. The number of hydrogen-bond donors (Lipinski definition) is 1. The molecule has 1 fully saturated rings. The number of nitrogens with one attached hydrogen (secondary N) is 1. The highest BCUT2D eigenvalue weighted by Gasteiger charge is 2.25. The molecule has 0 aromatic carbocycles. The molecule has 1 amide bonds. The van der Waals surface area contributed by atoms with E-state index in [0.717, 1.165) is 13.1 Å². The van der Waals surface area contributed by atoms with Crippen LogP contribution in [0.3, 0.4) is 0 Å². The molecule has 0 bridgehead atoms. The molecule has 0 aromatic rings. The first-order valence-electron chi connectivity index (χ1n) is 4.56. The molecule has 0 radical (unpaired) electrons. The van der Waals surface area contributed by atoms with Crippen molar-refractivity contribution in [2.75, 3.05) is 20.1 Å². The lowest BCUT2D eigenvalue weighted by Crippen LogP contribution is -2.46. The highest BCUT2D eigenvalue weighted by Crippen LogP contribution is 2.16. The first kappa shape index (κ1) is 9.52. The summed E-state index contributed by atoms with van der Waals surface area (Å²) >= 11 is 0. The van der Waals surface area contributed by atoms with E-state index in [4.69, 9.17) is 0 Å². The number of hydrogen-bond acceptors (Lipinski definition) is 2. The van der Waals surface area contributed by atoms with Crippen LogP contribution >= 0.6 is 0 Å². The van der Waals surface area contributed by atoms with Gasteiger partial charge in [-0.1, -0.05) is 0 Å². The summed E-state index contributed by atoms with van der Waals surface area (Å²) in [6, 6.07) is 0.273. The molecule has 12 heavy (non-hydrogen) atoms. The predicted octanol–water partition coefficient (Wildman–Crippen LogP) is 0.463. The Kier molecular flexibility index (Phi) is 3.09. The molecule has 0 aliphatic carbocycles. The van der Waals surface area contributed by atoms with E-state index in [1.165, 1.54) is 0 Å². The molecular formula is C9H18N2O. The zero-order chi connectivity index (χ0) is 9.14. The van der Waals surface area contributed by atoms with Crippen LogP contribution in [0.4, 0.5) is 0 Å². The van der Waals surface area contributed by atoms with Crippen molar-refractivity contribution in [1.29, 1.82) is 0 Å². The topological polar surface area (TPSA) is 32.3 Å². The number of rotatable bonds is 3. The summed E-state index contributed by atoms with van der Waals surface area (Å²) in [4.78, 5) is 13.5. The number of carbonyl (C=O) groups is 1. The zero-order valence-corrected chi connectivity index (χ0v) is 8.13. The van der Waals surface area contributed by atoms with Crippen molar-refractivity contribution in [2.24, 2.45) is 5.92 Å². The molecule has 1 aliphatic rings. The van der Waals surface area contributed by atoms with E-state index < -0.39 is 0 Å². The third-order valence-electron chi connectivity index (χ3n) is 2.06. The summed E-state index contributed by atoms with van der Waals surface area (Å²) in [6.07, 6.45) is 0.697. The van der Waals surface area contributed by atoms with Crippen LogP contribution in [0.25, 0.3) is 0 Å². The van der Waals surface area contributed by atoms with E-state index in [-0.39, 0.29) is 11.9 Å². The molecule has 1 heterocycles. The minimum absolute atomic E-state index is 0.197. The largest absolute Gasteiger partial charge is 0.354 e. The van der Waals surface area contributed by atoms with Gasteiger partial charge in [0.25, 0.3) is 0 Å². The van der Waals surface area contributed by atoms with Crippen LogP contribution in [0.1, 0.15) is 20.3 Å². The molecule has 1 rings (SSSR count). The molecule has 1 aliphatic heterocycles. The van der Waals surface area contributed by atoms with Crippen molar-refractivity contribution in [3.8, 4) is 0 Å². The Morgan fingerprint density at radius 3 is 2.58 bits per heavy atom. The van der Waals surface area contributed by atoms with Crippen LogP contribution in [-0.4, -0.2) is 37.0 Å². The van der Waals surface area contributed by atoms with Gasteiger partial charge in [0.1, 0.15) is 0 Å². The van der Waals surface area contributed by atoms with Gasteiger partial charge in [0, 0.05) is 25.6 Å².